The number of carbonyl (C=O) groups is 3. The second-order valence-corrected chi connectivity index (χ2v) is 7.11. The number of piperidine rings is 1. The normalized spacial score (nSPS) is 20.4. The summed E-state index contributed by atoms with van der Waals surface area (Å²) < 4.78 is 19.1. The molecule has 0 aromatic heterocycles. The molecule has 146 valence electrons. The van der Waals surface area contributed by atoms with E-state index in [0.717, 1.165) is 5.56 Å². The van der Waals surface area contributed by atoms with E-state index in [1.54, 1.807) is 11.0 Å². The van der Waals surface area contributed by atoms with Crippen LogP contribution >= 0.6 is 11.6 Å². The summed E-state index contributed by atoms with van der Waals surface area (Å²) in [7, 11) is 1.44. The van der Waals surface area contributed by atoms with Crippen molar-refractivity contribution < 1.29 is 23.5 Å². The first-order chi connectivity index (χ1) is 12.9. The lowest BCUT2D eigenvalue weighted by atomic mass is 9.89. The second-order valence-electron chi connectivity index (χ2n) is 6.73. The zero-order chi connectivity index (χ0) is 19.6. The van der Waals surface area contributed by atoms with Gasteiger partial charge in [-0.25, -0.2) is 9.18 Å². The number of hydrogen-bond acceptors (Lipinski definition) is 4. The highest BCUT2D eigenvalue weighted by Gasteiger charge is 2.31. The van der Waals surface area contributed by atoms with Gasteiger partial charge in [-0.1, -0.05) is 11.6 Å². The molecule has 0 spiro atoms. The van der Waals surface area contributed by atoms with Crippen LogP contribution in [-0.4, -0.2) is 49.0 Å². The molecule has 0 saturated carbocycles. The number of imide groups is 1. The number of ether oxygens (including phenoxy) is 1. The molecule has 2 fully saturated rings. The molecule has 2 heterocycles. The van der Waals surface area contributed by atoms with E-state index in [9.17, 15) is 18.8 Å². The van der Waals surface area contributed by atoms with Crippen molar-refractivity contribution in [3.8, 4) is 5.75 Å². The summed E-state index contributed by atoms with van der Waals surface area (Å²) in [6.45, 7) is 1.11. The van der Waals surface area contributed by atoms with Crippen LogP contribution in [0.25, 0.3) is 0 Å². The average molecular weight is 398 g/mol. The molecule has 7 nitrogen and oxygen atoms in total. The summed E-state index contributed by atoms with van der Waals surface area (Å²) in [5.74, 6) is -0.537. The molecular formula is C18H21ClFN3O4. The van der Waals surface area contributed by atoms with Crippen molar-refractivity contribution >= 4 is 29.4 Å². The Kier molecular flexibility index (Phi) is 5.84. The molecule has 3 rings (SSSR count). The van der Waals surface area contributed by atoms with Crippen LogP contribution in [0.3, 0.4) is 0 Å². The van der Waals surface area contributed by atoms with Crippen molar-refractivity contribution in [1.29, 1.82) is 0 Å². The van der Waals surface area contributed by atoms with Crippen molar-refractivity contribution in [2.45, 2.75) is 37.6 Å². The van der Waals surface area contributed by atoms with E-state index in [1.807, 2.05) is 0 Å². The third-order valence-corrected chi connectivity index (χ3v) is 5.43. The minimum Gasteiger partial charge on any atom is -0.495 e. The molecule has 2 N–H and O–H groups in total. The molecule has 9 heteroatoms. The first kappa shape index (κ1) is 19.4. The van der Waals surface area contributed by atoms with Gasteiger partial charge in [-0.2, -0.15) is 0 Å². The molecule has 1 aromatic carbocycles. The van der Waals surface area contributed by atoms with Crippen LogP contribution in [0.5, 0.6) is 5.75 Å². The number of nitrogens with zero attached hydrogens (tertiary/aromatic N) is 1. The molecule has 1 unspecified atom stereocenters. The van der Waals surface area contributed by atoms with Gasteiger partial charge in [0.25, 0.3) is 5.91 Å². The van der Waals surface area contributed by atoms with Crippen molar-refractivity contribution in [3.05, 3.63) is 28.5 Å². The molecular weight excluding hydrogens is 377 g/mol. The Morgan fingerprint density at radius 2 is 2.04 bits per heavy atom. The number of nitrogens with one attached hydrogen (secondary N) is 2. The molecule has 27 heavy (non-hydrogen) atoms. The van der Waals surface area contributed by atoms with Crippen LogP contribution in [0.15, 0.2) is 12.1 Å². The summed E-state index contributed by atoms with van der Waals surface area (Å²) >= 11 is 5.87. The summed E-state index contributed by atoms with van der Waals surface area (Å²) in [5.41, 5.74) is 0.811. The van der Waals surface area contributed by atoms with Gasteiger partial charge in [-0.15, -0.1) is 0 Å². The van der Waals surface area contributed by atoms with Gasteiger partial charge in [0, 0.05) is 19.5 Å². The highest BCUT2D eigenvalue weighted by molar-refractivity contribution is 6.32. The maximum absolute atomic E-state index is 14.0. The SMILES string of the molecule is COc1cc(C2CCN(C(=O)CCC3NC(=O)NC3=O)CC2)cc(F)c1Cl. The minimum absolute atomic E-state index is 0.0306. The quantitative estimate of drug-likeness (QED) is 0.745. The number of urea groups is 1. The van der Waals surface area contributed by atoms with Gasteiger partial charge >= 0.3 is 6.03 Å². The maximum Gasteiger partial charge on any atom is 0.322 e. The van der Waals surface area contributed by atoms with E-state index in [0.29, 0.717) is 31.7 Å². The van der Waals surface area contributed by atoms with Gasteiger partial charge in [0.05, 0.1) is 7.11 Å². The predicted molar refractivity (Wildman–Crippen MR) is 96.2 cm³/mol. The van der Waals surface area contributed by atoms with Crippen molar-refractivity contribution in [2.24, 2.45) is 0 Å². The van der Waals surface area contributed by atoms with Crippen LogP contribution < -0.4 is 15.4 Å². The van der Waals surface area contributed by atoms with Crippen LogP contribution in [0.4, 0.5) is 9.18 Å². The number of halogens is 2. The Balaban J connectivity index is 1.53. The van der Waals surface area contributed by atoms with Gasteiger partial charge in [0.2, 0.25) is 5.91 Å². The smallest absolute Gasteiger partial charge is 0.322 e. The van der Waals surface area contributed by atoms with Crippen molar-refractivity contribution in [2.75, 3.05) is 20.2 Å². The molecule has 0 bridgehead atoms. The number of benzene rings is 1. The molecule has 1 aromatic rings. The van der Waals surface area contributed by atoms with E-state index < -0.39 is 23.8 Å². The summed E-state index contributed by atoms with van der Waals surface area (Å²) in [6.07, 6.45) is 1.87. The van der Waals surface area contributed by atoms with Crippen LogP contribution in [0.1, 0.15) is 37.2 Å². The van der Waals surface area contributed by atoms with Gasteiger partial charge < -0.3 is 15.0 Å². The number of rotatable bonds is 5. The third-order valence-electron chi connectivity index (χ3n) is 5.06. The fourth-order valence-electron chi connectivity index (χ4n) is 3.52. The standard InChI is InChI=1S/C18H21ClFN3O4/c1-27-14-9-11(8-12(20)16(14)19)10-4-6-23(7-5-10)15(24)3-2-13-17(25)22-18(26)21-13/h8-10,13H,2-7H2,1H3,(H2,21,22,25,26). The van der Waals surface area contributed by atoms with Crippen LogP contribution in [0, 0.1) is 5.82 Å². The van der Waals surface area contributed by atoms with Gasteiger partial charge in [-0.3, -0.25) is 14.9 Å². The molecule has 0 radical (unpaired) electrons. The van der Waals surface area contributed by atoms with Gasteiger partial charge in [0.1, 0.15) is 22.6 Å². The second kappa shape index (κ2) is 8.12. The molecule has 1 atom stereocenters. The summed E-state index contributed by atoms with van der Waals surface area (Å²) in [4.78, 5) is 36.7. The largest absolute Gasteiger partial charge is 0.495 e. The Labute approximate surface area is 161 Å². The predicted octanol–water partition coefficient (Wildman–Crippen LogP) is 2.18. The molecule has 2 aliphatic heterocycles. The van der Waals surface area contributed by atoms with Crippen LogP contribution in [-0.2, 0) is 9.59 Å². The van der Waals surface area contributed by atoms with E-state index in [-0.39, 0.29) is 29.7 Å². The Hall–Kier alpha value is -2.35. The summed E-state index contributed by atoms with van der Waals surface area (Å²) in [6, 6.07) is 2.00. The number of amides is 4. The lowest BCUT2D eigenvalue weighted by molar-refractivity contribution is -0.132. The molecule has 4 amide bonds. The van der Waals surface area contributed by atoms with Crippen LogP contribution in [0.2, 0.25) is 5.02 Å². The Bertz CT molecular complexity index is 765. The molecule has 2 aliphatic rings. The number of hydrogen-bond donors (Lipinski definition) is 2. The fourth-order valence-corrected chi connectivity index (χ4v) is 3.70. The maximum atomic E-state index is 14.0. The fraction of sp³-hybridized carbons (Fsp3) is 0.500. The van der Waals surface area contributed by atoms with E-state index in [4.69, 9.17) is 16.3 Å². The highest BCUT2D eigenvalue weighted by atomic mass is 35.5. The number of carbonyl (C=O) groups excluding carboxylic acids is 3. The topological polar surface area (TPSA) is 87.7 Å². The summed E-state index contributed by atoms with van der Waals surface area (Å²) in [5, 5.41) is 4.60. The van der Waals surface area contributed by atoms with Crippen molar-refractivity contribution in [1.82, 2.24) is 15.5 Å². The molecule has 0 aliphatic carbocycles. The zero-order valence-corrected chi connectivity index (χ0v) is 15.6. The number of likely N-dealkylation sites (tertiary alicyclic amines) is 1. The lowest BCUT2D eigenvalue weighted by Gasteiger charge is -2.32. The lowest BCUT2D eigenvalue weighted by Crippen LogP contribution is -2.39. The minimum atomic E-state index is -0.650. The van der Waals surface area contributed by atoms with E-state index in [2.05, 4.69) is 10.6 Å². The first-order valence-corrected chi connectivity index (χ1v) is 9.19. The van der Waals surface area contributed by atoms with Gasteiger partial charge in [0.15, 0.2) is 0 Å². The first-order valence-electron chi connectivity index (χ1n) is 8.81. The monoisotopic (exact) mass is 397 g/mol. The number of methoxy groups -OCH3 is 1. The van der Waals surface area contributed by atoms with Gasteiger partial charge in [-0.05, 0) is 42.9 Å². The van der Waals surface area contributed by atoms with E-state index in [1.165, 1.54) is 13.2 Å². The third kappa shape index (κ3) is 4.32. The average Bonchev–Trinajstić information content (AvgIpc) is 2.99. The highest BCUT2D eigenvalue weighted by Crippen LogP contribution is 2.35. The molecule has 2 saturated heterocycles. The Morgan fingerprint density at radius 3 is 2.63 bits per heavy atom. The Morgan fingerprint density at radius 1 is 1.33 bits per heavy atom. The van der Waals surface area contributed by atoms with E-state index >= 15 is 0 Å². The zero-order valence-electron chi connectivity index (χ0n) is 14.9. The van der Waals surface area contributed by atoms with Crippen molar-refractivity contribution in [3.63, 3.8) is 0 Å².